The van der Waals surface area contributed by atoms with Gasteiger partial charge in [-0.25, -0.2) is 13.2 Å². The second kappa shape index (κ2) is 10.5. The molecule has 1 saturated heterocycles. The molecule has 9 heteroatoms. The predicted molar refractivity (Wildman–Crippen MR) is 122 cm³/mol. The van der Waals surface area contributed by atoms with Gasteiger partial charge in [0.2, 0.25) is 10.0 Å². The highest BCUT2D eigenvalue weighted by Gasteiger charge is 2.28. The van der Waals surface area contributed by atoms with Crippen molar-refractivity contribution in [3.05, 3.63) is 64.2 Å². The maximum absolute atomic E-state index is 13.0. The first-order valence-corrected chi connectivity index (χ1v) is 12.3. The van der Waals surface area contributed by atoms with Gasteiger partial charge < -0.3 is 10.1 Å². The van der Waals surface area contributed by atoms with E-state index < -0.39 is 28.5 Å². The van der Waals surface area contributed by atoms with Gasteiger partial charge in [-0.1, -0.05) is 36.2 Å². The highest BCUT2D eigenvalue weighted by Crippen LogP contribution is 2.24. The summed E-state index contributed by atoms with van der Waals surface area (Å²) >= 11 is 5.87. The second-order valence-electron chi connectivity index (χ2n) is 7.86. The minimum Gasteiger partial charge on any atom is -0.452 e. The van der Waals surface area contributed by atoms with Crippen LogP contribution in [-0.2, 0) is 19.6 Å². The number of sulfonamides is 1. The summed E-state index contributed by atoms with van der Waals surface area (Å²) in [4.78, 5) is 24.8. The molecule has 1 N–H and O–H groups in total. The Balaban J connectivity index is 1.63. The Morgan fingerprint density at radius 3 is 2.41 bits per heavy atom. The zero-order chi connectivity index (χ0) is 23.3. The molecule has 0 unspecified atom stereocenters. The van der Waals surface area contributed by atoms with Crippen molar-refractivity contribution in [2.45, 2.75) is 44.0 Å². The molecule has 0 aliphatic carbocycles. The molecule has 0 aromatic heterocycles. The van der Waals surface area contributed by atoms with Crippen molar-refractivity contribution < 1.29 is 22.7 Å². The minimum absolute atomic E-state index is 0.0877. The van der Waals surface area contributed by atoms with Crippen molar-refractivity contribution in [1.29, 1.82) is 0 Å². The lowest BCUT2D eigenvalue weighted by Crippen LogP contribution is -2.36. The van der Waals surface area contributed by atoms with Gasteiger partial charge in [-0.15, -0.1) is 0 Å². The number of carbonyl (C=O) groups is 2. The van der Waals surface area contributed by atoms with Crippen LogP contribution in [0.1, 0.15) is 53.7 Å². The smallest absolute Gasteiger partial charge is 0.338 e. The Labute approximate surface area is 193 Å². The van der Waals surface area contributed by atoms with Gasteiger partial charge in [0.25, 0.3) is 5.91 Å². The van der Waals surface area contributed by atoms with Gasteiger partial charge >= 0.3 is 5.97 Å². The van der Waals surface area contributed by atoms with E-state index in [1.165, 1.54) is 16.4 Å². The van der Waals surface area contributed by atoms with Crippen LogP contribution in [0.5, 0.6) is 0 Å². The third kappa shape index (κ3) is 5.88. The molecule has 0 radical (unpaired) electrons. The molecular weight excluding hydrogens is 452 g/mol. The third-order valence-corrected chi connectivity index (χ3v) is 7.73. The zero-order valence-electron chi connectivity index (χ0n) is 18.1. The monoisotopic (exact) mass is 478 g/mol. The van der Waals surface area contributed by atoms with Crippen molar-refractivity contribution >= 4 is 33.5 Å². The Morgan fingerprint density at radius 1 is 1.09 bits per heavy atom. The highest BCUT2D eigenvalue weighted by molar-refractivity contribution is 7.89. The van der Waals surface area contributed by atoms with Gasteiger partial charge in [0, 0.05) is 18.1 Å². The Morgan fingerprint density at radius 2 is 1.75 bits per heavy atom. The normalized spacial score (nSPS) is 15.7. The summed E-state index contributed by atoms with van der Waals surface area (Å²) in [7, 11) is -3.69. The summed E-state index contributed by atoms with van der Waals surface area (Å²) in [6.45, 7) is 3.97. The van der Waals surface area contributed by atoms with Crippen LogP contribution >= 0.6 is 11.6 Å². The van der Waals surface area contributed by atoms with Crippen molar-refractivity contribution in [2.24, 2.45) is 0 Å². The molecule has 2 aromatic carbocycles. The van der Waals surface area contributed by atoms with Crippen LogP contribution in [0.25, 0.3) is 0 Å². The molecule has 1 amide bonds. The van der Waals surface area contributed by atoms with E-state index in [2.05, 4.69) is 5.32 Å². The summed E-state index contributed by atoms with van der Waals surface area (Å²) in [6, 6.07) is 11.2. The van der Waals surface area contributed by atoms with Crippen LogP contribution in [0, 0.1) is 6.92 Å². The largest absolute Gasteiger partial charge is 0.452 e. The molecule has 0 saturated carbocycles. The number of rotatable bonds is 7. The summed E-state index contributed by atoms with van der Waals surface area (Å²) in [5, 5.41) is 3.35. The number of halogens is 1. The van der Waals surface area contributed by atoms with Crippen molar-refractivity contribution in [1.82, 2.24) is 9.62 Å². The minimum atomic E-state index is -3.69. The molecule has 0 bridgehead atoms. The lowest BCUT2D eigenvalue weighted by Gasteiger charge is -2.26. The van der Waals surface area contributed by atoms with Crippen LogP contribution < -0.4 is 5.32 Å². The molecule has 1 aliphatic heterocycles. The molecule has 1 fully saturated rings. The van der Waals surface area contributed by atoms with Crippen LogP contribution in [0.2, 0.25) is 5.02 Å². The number of ether oxygens (including phenoxy) is 1. The number of benzene rings is 2. The number of nitrogens with one attached hydrogen (secondary N) is 1. The van der Waals surface area contributed by atoms with E-state index in [-0.39, 0.29) is 16.5 Å². The molecule has 1 heterocycles. The molecule has 3 rings (SSSR count). The zero-order valence-corrected chi connectivity index (χ0v) is 19.7. The average Bonchev–Trinajstić information content (AvgIpc) is 2.78. The molecule has 32 heavy (non-hydrogen) atoms. The summed E-state index contributed by atoms with van der Waals surface area (Å²) in [6.07, 6.45) is 2.66. The van der Waals surface area contributed by atoms with E-state index in [0.29, 0.717) is 23.7 Å². The van der Waals surface area contributed by atoms with E-state index >= 15 is 0 Å². The van der Waals surface area contributed by atoms with Gasteiger partial charge in [0.1, 0.15) is 0 Å². The number of esters is 1. The molecule has 1 atom stereocenters. The number of hydrogen-bond donors (Lipinski definition) is 1. The van der Waals surface area contributed by atoms with Gasteiger partial charge in [-0.05, 0) is 62.1 Å². The van der Waals surface area contributed by atoms with E-state index in [1.54, 1.807) is 44.2 Å². The lowest BCUT2D eigenvalue weighted by atomic mass is 10.1. The summed E-state index contributed by atoms with van der Waals surface area (Å²) < 4.78 is 32.6. The van der Waals surface area contributed by atoms with Crippen LogP contribution in [-0.4, -0.2) is 44.3 Å². The average molecular weight is 479 g/mol. The topological polar surface area (TPSA) is 92.8 Å². The Hall–Kier alpha value is -2.42. The molecule has 2 aromatic rings. The standard InChI is InChI=1S/C23H27ClN2O5S/c1-16-6-7-19(14-21(16)32(29,30)26-12-4-3-5-13-26)23(28)31-15-22(27)25-17(2)18-8-10-20(24)11-9-18/h6-11,14,17H,3-5,12-13,15H2,1-2H3,(H,25,27)/t17-/m0/s1. The maximum Gasteiger partial charge on any atom is 0.338 e. The summed E-state index contributed by atoms with van der Waals surface area (Å²) in [5.41, 5.74) is 1.51. The van der Waals surface area contributed by atoms with E-state index in [4.69, 9.17) is 16.3 Å². The molecule has 1 aliphatic rings. The quantitative estimate of drug-likeness (QED) is 0.610. The molecule has 7 nitrogen and oxygen atoms in total. The van der Waals surface area contributed by atoms with Crippen molar-refractivity contribution in [3.8, 4) is 0 Å². The number of nitrogens with zero attached hydrogens (tertiary/aromatic N) is 1. The first-order chi connectivity index (χ1) is 15.2. The fraction of sp³-hybridized carbons (Fsp3) is 0.391. The second-order valence-corrected chi connectivity index (χ2v) is 10.2. The van der Waals surface area contributed by atoms with E-state index in [1.807, 2.05) is 0 Å². The van der Waals surface area contributed by atoms with Gasteiger partial charge in [-0.3, -0.25) is 4.79 Å². The fourth-order valence-electron chi connectivity index (χ4n) is 3.58. The highest BCUT2D eigenvalue weighted by atomic mass is 35.5. The number of carbonyl (C=O) groups excluding carboxylic acids is 2. The SMILES string of the molecule is Cc1ccc(C(=O)OCC(=O)N[C@@H](C)c2ccc(Cl)cc2)cc1S(=O)(=O)N1CCCCC1. The van der Waals surface area contributed by atoms with Crippen LogP contribution in [0.3, 0.4) is 0 Å². The number of aryl methyl sites for hydroxylation is 1. The third-order valence-electron chi connectivity index (χ3n) is 5.44. The van der Waals surface area contributed by atoms with Gasteiger partial charge in [0.15, 0.2) is 6.61 Å². The maximum atomic E-state index is 13.0. The number of hydrogen-bond acceptors (Lipinski definition) is 5. The van der Waals surface area contributed by atoms with E-state index in [9.17, 15) is 18.0 Å². The first kappa shape index (κ1) is 24.2. The van der Waals surface area contributed by atoms with Gasteiger partial charge in [-0.2, -0.15) is 4.31 Å². The number of amides is 1. The van der Waals surface area contributed by atoms with Crippen LogP contribution in [0.4, 0.5) is 0 Å². The molecule has 0 spiro atoms. The fourth-order valence-corrected chi connectivity index (χ4v) is 5.48. The van der Waals surface area contributed by atoms with Crippen molar-refractivity contribution in [3.63, 3.8) is 0 Å². The summed E-state index contributed by atoms with van der Waals surface area (Å²) in [5.74, 6) is -1.22. The lowest BCUT2D eigenvalue weighted by molar-refractivity contribution is -0.124. The van der Waals surface area contributed by atoms with Crippen molar-refractivity contribution in [2.75, 3.05) is 19.7 Å². The molecule has 172 valence electrons. The molecular formula is C23H27ClN2O5S. The van der Waals surface area contributed by atoms with Crippen LogP contribution in [0.15, 0.2) is 47.4 Å². The van der Waals surface area contributed by atoms with E-state index in [0.717, 1.165) is 24.8 Å². The predicted octanol–water partition coefficient (Wildman–Crippen LogP) is 3.86. The van der Waals surface area contributed by atoms with Gasteiger partial charge in [0.05, 0.1) is 16.5 Å². The Kier molecular flexibility index (Phi) is 7.92. The first-order valence-electron chi connectivity index (χ1n) is 10.5. The Bertz CT molecular complexity index is 1080. The number of piperidine rings is 1.